The van der Waals surface area contributed by atoms with Crippen LogP contribution in [0.15, 0.2) is 12.5 Å². The fourth-order valence-corrected chi connectivity index (χ4v) is 2.66. The molecule has 5 heteroatoms. The van der Waals surface area contributed by atoms with E-state index in [1.54, 1.807) is 0 Å². The topological polar surface area (TPSA) is 59.0 Å². The zero-order valence-electron chi connectivity index (χ0n) is 12.8. The van der Waals surface area contributed by atoms with Crippen LogP contribution in [0.4, 0.5) is 0 Å². The quantitative estimate of drug-likeness (QED) is 0.880. The van der Waals surface area contributed by atoms with Crippen molar-refractivity contribution < 1.29 is 4.79 Å². The van der Waals surface area contributed by atoms with Gasteiger partial charge in [0.1, 0.15) is 0 Å². The van der Waals surface area contributed by atoms with Crippen LogP contribution in [-0.4, -0.2) is 34.1 Å². The van der Waals surface area contributed by atoms with Crippen LogP contribution in [0.5, 0.6) is 0 Å². The number of amides is 1. The number of hydrogen-bond donors (Lipinski definition) is 2. The second-order valence-corrected chi connectivity index (χ2v) is 6.60. The van der Waals surface area contributed by atoms with Gasteiger partial charge in [0.25, 0.3) is 0 Å². The van der Waals surface area contributed by atoms with E-state index in [-0.39, 0.29) is 11.4 Å². The summed E-state index contributed by atoms with van der Waals surface area (Å²) >= 11 is 0. The minimum absolute atomic E-state index is 0.0962. The van der Waals surface area contributed by atoms with Crippen molar-refractivity contribution in [1.82, 2.24) is 20.2 Å². The lowest BCUT2D eigenvalue weighted by Gasteiger charge is -2.24. The van der Waals surface area contributed by atoms with Crippen molar-refractivity contribution in [1.29, 1.82) is 0 Å². The fraction of sp³-hybridized carbons (Fsp3) is 0.733. The Balaban J connectivity index is 1.90. The smallest absolute Gasteiger partial charge is 0.222 e. The minimum atomic E-state index is -0.165. The van der Waals surface area contributed by atoms with Gasteiger partial charge in [-0.2, -0.15) is 0 Å². The van der Waals surface area contributed by atoms with Gasteiger partial charge in [0.2, 0.25) is 5.91 Å². The van der Waals surface area contributed by atoms with Crippen LogP contribution in [0.2, 0.25) is 0 Å². The monoisotopic (exact) mass is 278 g/mol. The Morgan fingerprint density at radius 3 is 3.00 bits per heavy atom. The third-order valence-corrected chi connectivity index (χ3v) is 3.55. The summed E-state index contributed by atoms with van der Waals surface area (Å²) in [5.74, 6) is 0.621. The molecule has 2 rings (SSSR count). The maximum Gasteiger partial charge on any atom is 0.222 e. The van der Waals surface area contributed by atoms with Crippen LogP contribution in [0, 0.1) is 0 Å². The van der Waals surface area contributed by atoms with Gasteiger partial charge in [-0.3, -0.25) is 4.79 Å². The zero-order valence-corrected chi connectivity index (χ0v) is 12.8. The molecule has 1 aromatic heterocycles. The fourth-order valence-electron chi connectivity index (χ4n) is 2.66. The summed E-state index contributed by atoms with van der Waals surface area (Å²) in [6.07, 6.45) is 6.70. The molecule has 1 aliphatic rings. The Kier molecular flexibility index (Phi) is 4.81. The van der Waals surface area contributed by atoms with E-state index in [0.29, 0.717) is 18.9 Å². The summed E-state index contributed by atoms with van der Waals surface area (Å²) < 4.78 is 2.12. The number of nitrogens with zero attached hydrogens (tertiary/aromatic N) is 2. The van der Waals surface area contributed by atoms with E-state index in [1.807, 2.05) is 33.3 Å². The average Bonchev–Trinajstić information content (AvgIpc) is 2.83. The molecule has 1 fully saturated rings. The molecule has 0 bridgehead atoms. The molecule has 1 atom stereocenters. The molecule has 1 unspecified atom stereocenters. The van der Waals surface area contributed by atoms with Gasteiger partial charge in [-0.25, -0.2) is 4.98 Å². The van der Waals surface area contributed by atoms with E-state index in [0.717, 1.165) is 13.1 Å². The van der Waals surface area contributed by atoms with Crippen LogP contribution < -0.4 is 10.6 Å². The van der Waals surface area contributed by atoms with E-state index in [2.05, 4.69) is 20.2 Å². The van der Waals surface area contributed by atoms with E-state index < -0.39 is 0 Å². The second kappa shape index (κ2) is 6.39. The lowest BCUT2D eigenvalue weighted by atomic mass is 9.96. The normalized spacial score (nSPS) is 19.9. The van der Waals surface area contributed by atoms with Crippen LogP contribution in [-0.2, 0) is 11.3 Å². The molecule has 2 heterocycles. The molecule has 20 heavy (non-hydrogen) atoms. The molecule has 0 radical (unpaired) electrons. The maximum atomic E-state index is 11.9. The predicted octanol–water partition coefficient (Wildman–Crippen LogP) is 1.65. The molecule has 1 saturated heterocycles. The molecule has 0 aliphatic carbocycles. The highest BCUT2D eigenvalue weighted by Crippen LogP contribution is 2.22. The SMILES string of the molecule is CC(C)(C)NC(=O)CCn1cncc1C1CCCNC1. The predicted molar refractivity (Wildman–Crippen MR) is 79.6 cm³/mol. The number of aryl methyl sites for hydroxylation is 1. The molecule has 112 valence electrons. The first-order chi connectivity index (χ1) is 9.46. The number of imidazole rings is 1. The summed E-state index contributed by atoms with van der Waals surface area (Å²) in [5.41, 5.74) is 1.09. The number of rotatable bonds is 4. The van der Waals surface area contributed by atoms with Crippen LogP contribution in [0.25, 0.3) is 0 Å². The Hall–Kier alpha value is -1.36. The van der Waals surface area contributed by atoms with Gasteiger partial charge in [-0.15, -0.1) is 0 Å². The van der Waals surface area contributed by atoms with Gasteiger partial charge in [-0.05, 0) is 40.2 Å². The second-order valence-electron chi connectivity index (χ2n) is 6.60. The van der Waals surface area contributed by atoms with Crippen LogP contribution >= 0.6 is 0 Å². The summed E-state index contributed by atoms with van der Waals surface area (Å²) in [6, 6.07) is 0. The summed E-state index contributed by atoms with van der Waals surface area (Å²) in [7, 11) is 0. The Bertz CT molecular complexity index is 441. The largest absolute Gasteiger partial charge is 0.351 e. The first-order valence-electron chi connectivity index (χ1n) is 7.47. The highest BCUT2D eigenvalue weighted by Gasteiger charge is 2.19. The van der Waals surface area contributed by atoms with Gasteiger partial charge in [0.05, 0.1) is 6.33 Å². The molecule has 2 N–H and O–H groups in total. The molecular formula is C15H26N4O. The van der Waals surface area contributed by atoms with E-state index in [9.17, 15) is 4.79 Å². The number of aromatic nitrogens is 2. The van der Waals surface area contributed by atoms with Gasteiger partial charge in [-0.1, -0.05) is 0 Å². The number of piperidine rings is 1. The van der Waals surface area contributed by atoms with Gasteiger partial charge in [0, 0.05) is 42.9 Å². The number of carbonyl (C=O) groups excluding carboxylic acids is 1. The van der Waals surface area contributed by atoms with Crippen molar-refractivity contribution in [2.24, 2.45) is 0 Å². The molecule has 0 saturated carbocycles. The summed E-state index contributed by atoms with van der Waals surface area (Å²) in [5, 5.41) is 6.42. The van der Waals surface area contributed by atoms with Crippen LogP contribution in [0.3, 0.4) is 0 Å². The van der Waals surface area contributed by atoms with Crippen molar-refractivity contribution in [3.05, 3.63) is 18.2 Å². The van der Waals surface area contributed by atoms with Crippen molar-refractivity contribution in [2.45, 2.75) is 58.0 Å². The van der Waals surface area contributed by atoms with Crippen molar-refractivity contribution in [2.75, 3.05) is 13.1 Å². The average molecular weight is 278 g/mol. The van der Waals surface area contributed by atoms with Crippen molar-refractivity contribution >= 4 is 5.91 Å². The number of carbonyl (C=O) groups is 1. The first-order valence-corrected chi connectivity index (χ1v) is 7.47. The number of hydrogen-bond acceptors (Lipinski definition) is 3. The first kappa shape index (κ1) is 15.0. The van der Waals surface area contributed by atoms with Gasteiger partial charge in [0.15, 0.2) is 0 Å². The molecule has 1 amide bonds. The Morgan fingerprint density at radius 1 is 1.55 bits per heavy atom. The van der Waals surface area contributed by atoms with E-state index >= 15 is 0 Å². The highest BCUT2D eigenvalue weighted by molar-refractivity contribution is 5.76. The third-order valence-electron chi connectivity index (χ3n) is 3.55. The van der Waals surface area contributed by atoms with Gasteiger partial charge >= 0.3 is 0 Å². The lowest BCUT2D eigenvalue weighted by Crippen LogP contribution is -2.40. The molecule has 1 aromatic rings. The zero-order chi connectivity index (χ0) is 14.6. The van der Waals surface area contributed by atoms with Crippen LogP contribution in [0.1, 0.15) is 51.6 Å². The van der Waals surface area contributed by atoms with E-state index in [4.69, 9.17) is 0 Å². The molecular weight excluding hydrogens is 252 g/mol. The summed E-state index contributed by atoms with van der Waals surface area (Å²) in [4.78, 5) is 16.1. The molecule has 0 spiro atoms. The minimum Gasteiger partial charge on any atom is -0.351 e. The van der Waals surface area contributed by atoms with Gasteiger partial charge < -0.3 is 15.2 Å². The Morgan fingerprint density at radius 2 is 2.35 bits per heavy atom. The molecule has 5 nitrogen and oxygen atoms in total. The van der Waals surface area contributed by atoms with E-state index in [1.165, 1.54) is 18.5 Å². The lowest BCUT2D eigenvalue weighted by molar-refractivity contribution is -0.122. The Labute approximate surface area is 121 Å². The maximum absolute atomic E-state index is 11.9. The van der Waals surface area contributed by atoms with Crippen molar-refractivity contribution in [3.63, 3.8) is 0 Å². The highest BCUT2D eigenvalue weighted by atomic mass is 16.1. The molecule has 1 aliphatic heterocycles. The summed E-state index contributed by atoms with van der Waals surface area (Å²) in [6.45, 7) is 8.83. The third kappa shape index (κ3) is 4.34. The number of nitrogens with one attached hydrogen (secondary N) is 2. The standard InChI is InChI=1S/C15H26N4O/c1-15(2,3)18-14(20)6-8-19-11-17-10-13(19)12-5-4-7-16-9-12/h10-12,16H,4-9H2,1-3H3,(H,18,20). The van der Waals surface area contributed by atoms with Crippen molar-refractivity contribution in [3.8, 4) is 0 Å². The molecule has 0 aromatic carbocycles.